The van der Waals surface area contributed by atoms with Gasteiger partial charge in [-0.15, -0.1) is 11.8 Å². The lowest BCUT2D eigenvalue weighted by molar-refractivity contribution is 0.0955. The van der Waals surface area contributed by atoms with Crippen LogP contribution in [0.4, 0.5) is 0 Å². The molecule has 32 heavy (non-hydrogen) atoms. The van der Waals surface area contributed by atoms with Crippen molar-refractivity contribution in [1.29, 1.82) is 0 Å². The Hall–Kier alpha value is -3.12. The number of fused-ring (bicyclic) bond motifs is 1. The third-order valence-corrected chi connectivity index (χ3v) is 6.38. The molecule has 5 nitrogen and oxygen atoms in total. The van der Waals surface area contributed by atoms with E-state index < -0.39 is 0 Å². The molecule has 0 bridgehead atoms. The van der Waals surface area contributed by atoms with E-state index in [4.69, 9.17) is 10.1 Å². The first-order chi connectivity index (χ1) is 15.5. The first-order valence-electron chi connectivity index (χ1n) is 10.9. The summed E-state index contributed by atoms with van der Waals surface area (Å²) < 4.78 is 1.83. The molecule has 6 heteroatoms. The van der Waals surface area contributed by atoms with Crippen molar-refractivity contribution in [3.63, 3.8) is 0 Å². The van der Waals surface area contributed by atoms with Crippen LogP contribution in [0.3, 0.4) is 0 Å². The van der Waals surface area contributed by atoms with Crippen molar-refractivity contribution in [3.05, 3.63) is 82.7 Å². The van der Waals surface area contributed by atoms with Crippen LogP contribution in [0.2, 0.25) is 0 Å². The zero-order valence-electron chi connectivity index (χ0n) is 19.0. The molecule has 0 fully saturated rings. The minimum absolute atomic E-state index is 0.0924. The zero-order valence-corrected chi connectivity index (χ0v) is 19.8. The Labute approximate surface area is 193 Å². The van der Waals surface area contributed by atoms with Gasteiger partial charge in [-0.25, -0.2) is 9.67 Å². The van der Waals surface area contributed by atoms with Crippen LogP contribution in [-0.4, -0.2) is 33.5 Å². The number of nitrogens with zero attached hydrogens (tertiary/aromatic N) is 3. The van der Waals surface area contributed by atoms with E-state index in [1.54, 1.807) is 11.8 Å². The average molecular weight is 445 g/mol. The van der Waals surface area contributed by atoms with Crippen molar-refractivity contribution >= 4 is 28.7 Å². The van der Waals surface area contributed by atoms with Crippen LogP contribution in [0.1, 0.15) is 39.8 Å². The number of hydrogen-bond donors (Lipinski definition) is 1. The second-order valence-electron chi connectivity index (χ2n) is 7.88. The second-order valence-corrected chi connectivity index (χ2v) is 8.76. The predicted octanol–water partition coefficient (Wildman–Crippen LogP) is 5.29. The Morgan fingerprint density at radius 3 is 2.38 bits per heavy atom. The molecule has 1 amide bonds. The lowest BCUT2D eigenvalue weighted by Crippen LogP contribution is -2.26. The smallest absolute Gasteiger partial charge is 0.252 e. The van der Waals surface area contributed by atoms with Gasteiger partial charge in [-0.1, -0.05) is 31.2 Å². The lowest BCUT2D eigenvalue weighted by atomic mass is 10.1. The van der Waals surface area contributed by atoms with Gasteiger partial charge in [-0.2, -0.15) is 5.10 Å². The van der Waals surface area contributed by atoms with Crippen LogP contribution in [-0.2, 0) is 12.8 Å². The Morgan fingerprint density at radius 2 is 1.72 bits per heavy atom. The molecule has 0 saturated carbocycles. The van der Waals surface area contributed by atoms with Crippen LogP contribution < -0.4 is 5.32 Å². The normalized spacial score (nSPS) is 11.1. The Balaban J connectivity index is 1.59. The van der Waals surface area contributed by atoms with E-state index in [2.05, 4.69) is 67.0 Å². The average Bonchev–Trinajstić information content (AvgIpc) is 3.15. The highest BCUT2D eigenvalue weighted by molar-refractivity contribution is 7.98. The number of thioether (sulfide) groups is 1. The summed E-state index contributed by atoms with van der Waals surface area (Å²) in [6.07, 6.45) is 3.84. The summed E-state index contributed by atoms with van der Waals surface area (Å²) in [5, 5.41) is 8.60. The highest BCUT2D eigenvalue weighted by Crippen LogP contribution is 2.25. The number of amides is 1. The van der Waals surface area contributed by atoms with E-state index in [0.29, 0.717) is 17.8 Å². The van der Waals surface area contributed by atoms with E-state index in [1.807, 2.05) is 24.6 Å². The van der Waals surface area contributed by atoms with Crippen molar-refractivity contribution in [3.8, 4) is 5.69 Å². The van der Waals surface area contributed by atoms with Crippen molar-refractivity contribution in [2.75, 3.05) is 12.8 Å². The molecule has 1 N–H and O–H groups in total. The van der Waals surface area contributed by atoms with Crippen molar-refractivity contribution in [1.82, 2.24) is 20.1 Å². The van der Waals surface area contributed by atoms with Gasteiger partial charge in [0.05, 0.1) is 22.3 Å². The predicted molar refractivity (Wildman–Crippen MR) is 132 cm³/mol. The molecule has 0 saturated heterocycles. The number of carbonyl (C=O) groups is 1. The Kier molecular flexibility index (Phi) is 6.61. The maximum Gasteiger partial charge on any atom is 0.252 e. The van der Waals surface area contributed by atoms with Gasteiger partial charge < -0.3 is 5.32 Å². The summed E-state index contributed by atoms with van der Waals surface area (Å²) in [5.74, 6) is -0.0924. The molecule has 2 heterocycles. The van der Waals surface area contributed by atoms with Gasteiger partial charge in [0.2, 0.25) is 0 Å². The topological polar surface area (TPSA) is 59.8 Å². The van der Waals surface area contributed by atoms with Crippen LogP contribution in [0.5, 0.6) is 0 Å². The molecule has 2 aromatic heterocycles. The van der Waals surface area contributed by atoms with Crippen LogP contribution >= 0.6 is 11.8 Å². The van der Waals surface area contributed by atoms with E-state index in [-0.39, 0.29) is 5.91 Å². The number of hydrogen-bond acceptors (Lipinski definition) is 4. The molecule has 164 valence electrons. The van der Waals surface area contributed by atoms with E-state index in [1.165, 1.54) is 16.0 Å². The van der Waals surface area contributed by atoms with E-state index >= 15 is 0 Å². The summed E-state index contributed by atoms with van der Waals surface area (Å²) >= 11 is 1.73. The highest BCUT2D eigenvalue weighted by atomic mass is 32.2. The molecule has 0 radical (unpaired) electrons. The zero-order chi connectivity index (χ0) is 22.7. The summed E-state index contributed by atoms with van der Waals surface area (Å²) in [6.45, 7) is 6.56. The molecule has 2 aromatic carbocycles. The summed E-state index contributed by atoms with van der Waals surface area (Å²) in [7, 11) is 0. The second kappa shape index (κ2) is 9.57. The fourth-order valence-corrected chi connectivity index (χ4v) is 4.26. The monoisotopic (exact) mass is 444 g/mol. The van der Waals surface area contributed by atoms with Gasteiger partial charge in [0.25, 0.3) is 5.91 Å². The number of aryl methyl sites for hydroxylation is 3. The SMILES string of the molecule is CCc1ccc(-n2nc(C)c3c(C(=O)NCCc4ccc(SC)cc4)cc(C)nc32)cc1. The van der Waals surface area contributed by atoms with Crippen LogP contribution in [0, 0.1) is 13.8 Å². The highest BCUT2D eigenvalue weighted by Gasteiger charge is 2.19. The lowest BCUT2D eigenvalue weighted by Gasteiger charge is -2.09. The molecule has 0 aliphatic rings. The molecule has 0 spiro atoms. The molecule has 0 aliphatic heterocycles. The third-order valence-electron chi connectivity index (χ3n) is 5.63. The van der Waals surface area contributed by atoms with Gasteiger partial charge in [-0.05, 0) is 74.4 Å². The Bertz CT molecular complexity index is 1240. The molecular formula is C26H28N4OS. The maximum atomic E-state index is 13.1. The molecule has 0 unspecified atom stereocenters. The molecule has 0 aliphatic carbocycles. The van der Waals surface area contributed by atoms with Crippen molar-refractivity contribution in [2.45, 2.75) is 38.5 Å². The fraction of sp³-hybridized carbons (Fsp3) is 0.269. The fourth-order valence-electron chi connectivity index (χ4n) is 3.85. The summed E-state index contributed by atoms with van der Waals surface area (Å²) in [5.41, 5.74) is 6.35. The number of benzene rings is 2. The molecule has 4 aromatic rings. The van der Waals surface area contributed by atoms with Gasteiger partial charge >= 0.3 is 0 Å². The number of rotatable bonds is 7. The van der Waals surface area contributed by atoms with Gasteiger partial charge in [0.15, 0.2) is 5.65 Å². The quantitative estimate of drug-likeness (QED) is 0.393. The van der Waals surface area contributed by atoms with Crippen molar-refractivity contribution < 1.29 is 4.79 Å². The summed E-state index contributed by atoms with van der Waals surface area (Å²) in [4.78, 5) is 19.1. The minimum Gasteiger partial charge on any atom is -0.352 e. The van der Waals surface area contributed by atoms with E-state index in [9.17, 15) is 4.79 Å². The minimum atomic E-state index is -0.0924. The van der Waals surface area contributed by atoms with Crippen molar-refractivity contribution in [2.24, 2.45) is 0 Å². The molecular weight excluding hydrogens is 416 g/mol. The number of aromatic nitrogens is 3. The first kappa shape index (κ1) is 22.1. The summed E-state index contributed by atoms with van der Waals surface area (Å²) in [6, 6.07) is 18.6. The first-order valence-corrected chi connectivity index (χ1v) is 12.1. The maximum absolute atomic E-state index is 13.1. The number of nitrogens with one attached hydrogen (secondary N) is 1. The van der Waals surface area contributed by atoms with Crippen LogP contribution in [0.15, 0.2) is 59.5 Å². The Morgan fingerprint density at radius 1 is 1.03 bits per heavy atom. The van der Waals surface area contributed by atoms with Gasteiger partial charge in [0.1, 0.15) is 0 Å². The third kappa shape index (κ3) is 4.55. The number of carbonyl (C=O) groups excluding carboxylic acids is 1. The largest absolute Gasteiger partial charge is 0.352 e. The standard InChI is InChI=1S/C26H28N4OS/c1-5-19-6-10-21(11-7-19)30-25-24(18(3)29-30)23(16-17(2)28-25)26(31)27-15-14-20-8-12-22(32-4)13-9-20/h6-13,16H,5,14-15H2,1-4H3,(H,27,31). The van der Waals surface area contributed by atoms with Gasteiger partial charge in [0, 0.05) is 17.1 Å². The number of pyridine rings is 1. The van der Waals surface area contributed by atoms with Crippen LogP contribution in [0.25, 0.3) is 16.7 Å². The van der Waals surface area contributed by atoms with Gasteiger partial charge in [-0.3, -0.25) is 4.79 Å². The van der Waals surface area contributed by atoms with E-state index in [0.717, 1.165) is 35.3 Å². The molecule has 4 rings (SSSR count). The molecule has 0 atom stereocenters.